The van der Waals surface area contributed by atoms with Gasteiger partial charge in [-0.3, -0.25) is 4.79 Å². The molecule has 3 rings (SSSR count). The van der Waals surface area contributed by atoms with Crippen LogP contribution in [-0.2, 0) is 0 Å². The predicted octanol–water partition coefficient (Wildman–Crippen LogP) is 5.11. The van der Waals surface area contributed by atoms with Gasteiger partial charge in [0.15, 0.2) is 0 Å². The van der Waals surface area contributed by atoms with Crippen LogP contribution in [0.1, 0.15) is 62.7 Å². The van der Waals surface area contributed by atoms with E-state index in [4.69, 9.17) is 23.2 Å². The third-order valence-electron chi connectivity index (χ3n) is 5.08. The Kier molecular flexibility index (Phi) is 5.73. The fraction of sp³-hybridized carbons (Fsp3) is 0.647. The fourth-order valence-corrected chi connectivity index (χ4v) is 4.38. The summed E-state index contributed by atoms with van der Waals surface area (Å²) in [5, 5.41) is 3.49. The van der Waals surface area contributed by atoms with Gasteiger partial charge in [0.25, 0.3) is 5.91 Å². The van der Waals surface area contributed by atoms with Gasteiger partial charge in [0.05, 0.1) is 10.6 Å². The molecule has 0 radical (unpaired) electrons. The number of aromatic nitrogens is 1. The molecule has 2 aliphatic carbocycles. The summed E-state index contributed by atoms with van der Waals surface area (Å²) >= 11 is 11.9. The van der Waals surface area contributed by atoms with E-state index in [1.54, 1.807) is 6.07 Å². The van der Waals surface area contributed by atoms with Gasteiger partial charge >= 0.3 is 0 Å². The van der Waals surface area contributed by atoms with Crippen LogP contribution in [0.4, 0.5) is 0 Å². The van der Waals surface area contributed by atoms with Crippen molar-refractivity contribution in [3.05, 3.63) is 28.0 Å². The molecule has 5 heteroatoms. The van der Waals surface area contributed by atoms with Crippen molar-refractivity contribution < 1.29 is 4.79 Å². The molecular weight excluding hydrogens is 319 g/mol. The maximum atomic E-state index is 12.3. The first-order valence-corrected chi connectivity index (χ1v) is 8.43. The maximum absolute atomic E-state index is 12.3. The first-order valence-electron chi connectivity index (χ1n) is 7.68. The normalized spacial score (nSPS) is 26.9. The van der Waals surface area contributed by atoms with Gasteiger partial charge in [0.1, 0.15) is 5.15 Å². The van der Waals surface area contributed by atoms with Crippen molar-refractivity contribution >= 4 is 29.1 Å². The SMILES string of the molecule is C.O=C(NCC12CCCC(CCC1)C2)c1ccnc(Cl)c1Cl. The molecule has 122 valence electrons. The van der Waals surface area contributed by atoms with Gasteiger partial charge in [-0.05, 0) is 36.7 Å². The van der Waals surface area contributed by atoms with E-state index in [2.05, 4.69) is 10.3 Å². The summed E-state index contributed by atoms with van der Waals surface area (Å²) in [6.45, 7) is 0.749. The van der Waals surface area contributed by atoms with Crippen LogP contribution in [0.15, 0.2) is 12.3 Å². The first kappa shape index (κ1) is 17.6. The van der Waals surface area contributed by atoms with E-state index >= 15 is 0 Å². The Morgan fingerprint density at radius 2 is 2.00 bits per heavy atom. The second-order valence-electron chi connectivity index (χ2n) is 6.50. The highest BCUT2D eigenvalue weighted by atomic mass is 35.5. The van der Waals surface area contributed by atoms with Crippen molar-refractivity contribution in [1.82, 2.24) is 10.3 Å². The van der Waals surface area contributed by atoms with Gasteiger partial charge in [0.2, 0.25) is 0 Å². The van der Waals surface area contributed by atoms with E-state index in [9.17, 15) is 4.79 Å². The van der Waals surface area contributed by atoms with Gasteiger partial charge in [-0.2, -0.15) is 0 Å². The van der Waals surface area contributed by atoms with Crippen molar-refractivity contribution in [2.45, 2.75) is 52.4 Å². The first-order chi connectivity index (χ1) is 10.1. The zero-order valence-corrected chi connectivity index (χ0v) is 13.5. The number of carbonyl (C=O) groups is 1. The predicted molar refractivity (Wildman–Crippen MR) is 91.6 cm³/mol. The molecule has 0 spiro atoms. The minimum Gasteiger partial charge on any atom is -0.351 e. The van der Waals surface area contributed by atoms with Crippen LogP contribution in [0.3, 0.4) is 0 Å². The zero-order chi connectivity index (χ0) is 14.9. The molecule has 2 aliphatic rings. The van der Waals surface area contributed by atoms with Crippen LogP contribution in [0.25, 0.3) is 0 Å². The lowest BCUT2D eigenvalue weighted by molar-refractivity contribution is 0.0682. The highest BCUT2D eigenvalue weighted by Gasteiger charge is 2.39. The van der Waals surface area contributed by atoms with E-state index < -0.39 is 0 Å². The van der Waals surface area contributed by atoms with Crippen molar-refractivity contribution in [1.29, 1.82) is 0 Å². The largest absolute Gasteiger partial charge is 0.351 e. The Hall–Kier alpha value is -0.800. The number of amides is 1. The number of nitrogens with zero attached hydrogens (tertiary/aromatic N) is 1. The lowest BCUT2D eigenvalue weighted by Gasteiger charge is -2.45. The Morgan fingerprint density at radius 1 is 1.32 bits per heavy atom. The van der Waals surface area contributed by atoms with E-state index in [-0.39, 0.29) is 23.5 Å². The molecular formula is C17H24Cl2N2O. The van der Waals surface area contributed by atoms with E-state index in [1.807, 2.05) is 0 Å². The Labute approximate surface area is 142 Å². The molecule has 1 aromatic heterocycles. The van der Waals surface area contributed by atoms with E-state index in [0.29, 0.717) is 11.0 Å². The van der Waals surface area contributed by atoms with Crippen molar-refractivity contribution in [2.24, 2.45) is 11.3 Å². The van der Waals surface area contributed by atoms with Crippen LogP contribution >= 0.6 is 23.2 Å². The second kappa shape index (κ2) is 7.18. The molecule has 0 unspecified atom stereocenters. The average molecular weight is 343 g/mol. The molecule has 22 heavy (non-hydrogen) atoms. The topological polar surface area (TPSA) is 42.0 Å². The third kappa shape index (κ3) is 3.57. The van der Waals surface area contributed by atoms with Crippen LogP contribution in [0.2, 0.25) is 10.2 Å². The van der Waals surface area contributed by atoms with Crippen molar-refractivity contribution in [2.75, 3.05) is 6.54 Å². The maximum Gasteiger partial charge on any atom is 0.252 e. The second-order valence-corrected chi connectivity index (χ2v) is 7.24. The molecule has 1 heterocycles. The molecule has 1 N–H and O–H groups in total. The zero-order valence-electron chi connectivity index (χ0n) is 12.0. The van der Waals surface area contributed by atoms with Crippen LogP contribution in [0.5, 0.6) is 0 Å². The monoisotopic (exact) mass is 342 g/mol. The Morgan fingerprint density at radius 3 is 2.68 bits per heavy atom. The number of carbonyl (C=O) groups excluding carboxylic acids is 1. The van der Waals surface area contributed by atoms with Crippen molar-refractivity contribution in [3.63, 3.8) is 0 Å². The highest BCUT2D eigenvalue weighted by Crippen LogP contribution is 2.48. The minimum absolute atomic E-state index is 0. The van der Waals surface area contributed by atoms with Gasteiger partial charge in [-0.15, -0.1) is 0 Å². The van der Waals surface area contributed by atoms with E-state index in [1.165, 1.54) is 51.1 Å². The fourth-order valence-electron chi connectivity index (χ4n) is 4.03. The molecule has 2 bridgehead atoms. The smallest absolute Gasteiger partial charge is 0.252 e. The summed E-state index contributed by atoms with van der Waals surface area (Å²) in [5.74, 6) is 0.717. The van der Waals surface area contributed by atoms with Gasteiger partial charge < -0.3 is 5.32 Å². The molecule has 0 aliphatic heterocycles. The van der Waals surface area contributed by atoms with E-state index in [0.717, 1.165) is 12.5 Å². The van der Waals surface area contributed by atoms with Gasteiger partial charge in [0, 0.05) is 12.7 Å². The van der Waals surface area contributed by atoms with Gasteiger partial charge in [-0.25, -0.2) is 4.98 Å². The van der Waals surface area contributed by atoms with Crippen LogP contribution < -0.4 is 5.32 Å². The third-order valence-corrected chi connectivity index (χ3v) is 5.84. The molecule has 1 aromatic rings. The summed E-state index contributed by atoms with van der Waals surface area (Å²) < 4.78 is 0. The quantitative estimate of drug-likeness (QED) is 0.775. The van der Waals surface area contributed by atoms with Crippen LogP contribution in [0, 0.1) is 11.3 Å². The van der Waals surface area contributed by atoms with Gasteiger partial charge in [-0.1, -0.05) is 56.3 Å². The lowest BCUT2D eigenvalue weighted by Crippen LogP contribution is -2.43. The summed E-state index contributed by atoms with van der Waals surface area (Å²) in [6, 6.07) is 1.62. The summed E-state index contributed by atoms with van der Waals surface area (Å²) in [6.07, 6.45) is 10.5. The number of nitrogens with one attached hydrogen (secondary N) is 1. The number of hydrogen-bond acceptors (Lipinski definition) is 2. The molecule has 1 amide bonds. The number of hydrogen-bond donors (Lipinski definition) is 1. The molecule has 2 fully saturated rings. The number of rotatable bonds is 3. The average Bonchev–Trinajstić information content (AvgIpc) is 2.48. The molecule has 3 nitrogen and oxygen atoms in total. The summed E-state index contributed by atoms with van der Waals surface area (Å²) in [7, 11) is 0. The number of fused-ring (bicyclic) bond motifs is 2. The Bertz CT molecular complexity index is 537. The number of halogens is 2. The molecule has 0 saturated heterocycles. The minimum atomic E-state index is -0.147. The summed E-state index contributed by atoms with van der Waals surface area (Å²) in [4.78, 5) is 16.2. The summed E-state index contributed by atoms with van der Waals surface area (Å²) in [5.41, 5.74) is 0.719. The number of pyridine rings is 1. The highest BCUT2D eigenvalue weighted by molar-refractivity contribution is 6.43. The molecule has 0 aromatic carbocycles. The molecule has 0 atom stereocenters. The standard InChI is InChI=1S/C16H20Cl2N2O.CH4/c17-13-12(5-8-19-14(13)18)15(21)20-10-16-6-1-3-11(9-16)4-2-7-16;/h5,8,11H,1-4,6-7,9-10H2,(H,20,21);1H4. The lowest BCUT2D eigenvalue weighted by atomic mass is 9.62. The molecule has 2 saturated carbocycles. The van der Waals surface area contributed by atoms with Crippen molar-refractivity contribution in [3.8, 4) is 0 Å². The Balaban J connectivity index is 0.00000176. The van der Waals surface area contributed by atoms with Crippen LogP contribution in [-0.4, -0.2) is 17.4 Å².